The SMILES string of the molecule is COc1ccccc1CC(N)c1cncc(C)c1. The quantitative estimate of drug-likeness (QED) is 0.896. The van der Waals surface area contributed by atoms with Gasteiger partial charge < -0.3 is 10.5 Å². The van der Waals surface area contributed by atoms with Crippen LogP contribution in [0.5, 0.6) is 5.75 Å². The minimum atomic E-state index is -0.0614. The molecule has 0 aliphatic carbocycles. The molecule has 2 N–H and O–H groups in total. The van der Waals surface area contributed by atoms with Gasteiger partial charge in [-0.3, -0.25) is 4.98 Å². The fraction of sp³-hybridized carbons (Fsp3) is 0.267. The van der Waals surface area contributed by atoms with Crippen molar-refractivity contribution in [3.8, 4) is 5.75 Å². The number of benzene rings is 1. The van der Waals surface area contributed by atoms with Gasteiger partial charge in [-0.05, 0) is 36.1 Å². The van der Waals surface area contributed by atoms with E-state index in [0.29, 0.717) is 0 Å². The van der Waals surface area contributed by atoms with Crippen molar-refractivity contribution in [1.82, 2.24) is 4.98 Å². The van der Waals surface area contributed by atoms with Crippen molar-refractivity contribution in [2.75, 3.05) is 7.11 Å². The average Bonchev–Trinajstić information content (AvgIpc) is 2.39. The first kappa shape index (κ1) is 12.6. The third-order valence-corrected chi connectivity index (χ3v) is 2.96. The van der Waals surface area contributed by atoms with Gasteiger partial charge in [0.1, 0.15) is 5.75 Å². The largest absolute Gasteiger partial charge is 0.496 e. The summed E-state index contributed by atoms with van der Waals surface area (Å²) < 4.78 is 5.33. The number of rotatable bonds is 4. The van der Waals surface area contributed by atoms with Gasteiger partial charge in [-0.1, -0.05) is 24.3 Å². The highest BCUT2D eigenvalue weighted by Gasteiger charge is 2.10. The third kappa shape index (κ3) is 2.87. The molecule has 0 aliphatic rings. The molecule has 1 aromatic carbocycles. The Morgan fingerprint density at radius 1 is 1.28 bits per heavy atom. The van der Waals surface area contributed by atoms with Crippen LogP contribution in [0.3, 0.4) is 0 Å². The molecule has 3 nitrogen and oxygen atoms in total. The zero-order chi connectivity index (χ0) is 13.0. The zero-order valence-electron chi connectivity index (χ0n) is 10.8. The van der Waals surface area contributed by atoms with E-state index in [1.165, 1.54) is 0 Å². The molecule has 2 rings (SSSR count). The molecule has 0 radical (unpaired) electrons. The van der Waals surface area contributed by atoms with E-state index >= 15 is 0 Å². The van der Waals surface area contributed by atoms with Gasteiger partial charge in [0, 0.05) is 18.4 Å². The lowest BCUT2D eigenvalue weighted by Gasteiger charge is -2.14. The Kier molecular flexibility index (Phi) is 3.95. The summed E-state index contributed by atoms with van der Waals surface area (Å²) in [6, 6.07) is 9.97. The highest BCUT2D eigenvalue weighted by atomic mass is 16.5. The van der Waals surface area contributed by atoms with Crippen LogP contribution in [-0.2, 0) is 6.42 Å². The standard InChI is InChI=1S/C15H18N2O/c1-11-7-13(10-17-9-11)14(16)8-12-5-3-4-6-15(12)18-2/h3-7,9-10,14H,8,16H2,1-2H3. The molecule has 94 valence electrons. The molecule has 0 amide bonds. The van der Waals surface area contributed by atoms with Crippen molar-refractivity contribution in [3.05, 3.63) is 59.4 Å². The van der Waals surface area contributed by atoms with Crippen LogP contribution in [0.1, 0.15) is 22.7 Å². The zero-order valence-corrected chi connectivity index (χ0v) is 10.8. The van der Waals surface area contributed by atoms with E-state index in [2.05, 4.69) is 11.1 Å². The van der Waals surface area contributed by atoms with Crippen LogP contribution in [0.25, 0.3) is 0 Å². The van der Waals surface area contributed by atoms with Gasteiger partial charge in [0.2, 0.25) is 0 Å². The summed E-state index contributed by atoms with van der Waals surface area (Å²) in [4.78, 5) is 4.18. The first-order chi connectivity index (χ1) is 8.70. The molecule has 2 aromatic rings. The molecule has 0 bridgehead atoms. The normalized spacial score (nSPS) is 12.2. The van der Waals surface area contributed by atoms with Crippen LogP contribution in [0, 0.1) is 6.92 Å². The summed E-state index contributed by atoms with van der Waals surface area (Å²) in [6.07, 6.45) is 4.40. The Morgan fingerprint density at radius 3 is 2.78 bits per heavy atom. The molecule has 3 heteroatoms. The lowest BCUT2D eigenvalue weighted by atomic mass is 9.99. The van der Waals surface area contributed by atoms with Crippen molar-refractivity contribution in [1.29, 1.82) is 0 Å². The second kappa shape index (κ2) is 5.65. The lowest BCUT2D eigenvalue weighted by molar-refractivity contribution is 0.408. The van der Waals surface area contributed by atoms with Crippen LogP contribution >= 0.6 is 0 Å². The molecule has 1 aromatic heterocycles. The number of nitrogens with two attached hydrogens (primary N) is 1. The van der Waals surface area contributed by atoms with Crippen molar-refractivity contribution in [2.45, 2.75) is 19.4 Å². The van der Waals surface area contributed by atoms with Crippen molar-refractivity contribution in [3.63, 3.8) is 0 Å². The minimum Gasteiger partial charge on any atom is -0.496 e. The minimum absolute atomic E-state index is 0.0614. The maximum absolute atomic E-state index is 6.22. The smallest absolute Gasteiger partial charge is 0.122 e. The summed E-state index contributed by atoms with van der Waals surface area (Å²) in [7, 11) is 1.68. The van der Waals surface area contributed by atoms with Crippen LogP contribution in [-0.4, -0.2) is 12.1 Å². The molecule has 18 heavy (non-hydrogen) atoms. The number of hydrogen-bond donors (Lipinski definition) is 1. The fourth-order valence-electron chi connectivity index (χ4n) is 2.01. The van der Waals surface area contributed by atoms with Gasteiger partial charge in [0.25, 0.3) is 0 Å². The maximum Gasteiger partial charge on any atom is 0.122 e. The monoisotopic (exact) mass is 242 g/mol. The third-order valence-electron chi connectivity index (χ3n) is 2.96. The van der Waals surface area contributed by atoms with Crippen molar-refractivity contribution < 1.29 is 4.74 Å². The van der Waals surface area contributed by atoms with E-state index in [-0.39, 0.29) is 6.04 Å². The molecular weight excluding hydrogens is 224 g/mol. The second-order valence-corrected chi connectivity index (χ2v) is 4.42. The van der Waals surface area contributed by atoms with Crippen molar-refractivity contribution >= 4 is 0 Å². The van der Waals surface area contributed by atoms with Gasteiger partial charge in [-0.15, -0.1) is 0 Å². The van der Waals surface area contributed by atoms with Gasteiger partial charge in [0.15, 0.2) is 0 Å². The molecule has 0 spiro atoms. The van der Waals surface area contributed by atoms with Gasteiger partial charge in [-0.2, -0.15) is 0 Å². The highest BCUT2D eigenvalue weighted by Crippen LogP contribution is 2.23. The Morgan fingerprint density at radius 2 is 2.06 bits per heavy atom. The number of pyridine rings is 1. The molecule has 0 fully saturated rings. The predicted molar refractivity (Wildman–Crippen MR) is 72.6 cm³/mol. The Hall–Kier alpha value is -1.87. The summed E-state index contributed by atoms with van der Waals surface area (Å²) in [6.45, 7) is 2.02. The number of ether oxygens (including phenoxy) is 1. The Bertz CT molecular complexity index is 525. The number of methoxy groups -OCH3 is 1. The molecule has 1 atom stereocenters. The summed E-state index contributed by atoms with van der Waals surface area (Å²) in [5.41, 5.74) is 9.53. The molecule has 0 aliphatic heterocycles. The van der Waals surface area contributed by atoms with E-state index < -0.39 is 0 Å². The van der Waals surface area contributed by atoms with Crippen molar-refractivity contribution in [2.24, 2.45) is 5.73 Å². The summed E-state index contributed by atoms with van der Waals surface area (Å²) in [5, 5.41) is 0. The number of aryl methyl sites for hydroxylation is 1. The molecule has 0 saturated heterocycles. The highest BCUT2D eigenvalue weighted by molar-refractivity contribution is 5.35. The number of para-hydroxylation sites is 1. The number of aromatic nitrogens is 1. The topological polar surface area (TPSA) is 48.1 Å². The average molecular weight is 242 g/mol. The number of nitrogens with zero attached hydrogens (tertiary/aromatic N) is 1. The van der Waals surface area contributed by atoms with E-state index in [1.54, 1.807) is 7.11 Å². The predicted octanol–water partition coefficient (Wildman–Crippen LogP) is 2.64. The van der Waals surface area contributed by atoms with Crippen LogP contribution in [0.4, 0.5) is 0 Å². The van der Waals surface area contributed by atoms with E-state index in [1.807, 2.05) is 43.6 Å². The molecule has 0 saturated carbocycles. The van der Waals surface area contributed by atoms with Crippen LogP contribution in [0.2, 0.25) is 0 Å². The molecule has 1 unspecified atom stereocenters. The maximum atomic E-state index is 6.22. The Labute approximate surface area is 108 Å². The first-order valence-corrected chi connectivity index (χ1v) is 5.99. The fourth-order valence-corrected chi connectivity index (χ4v) is 2.01. The van der Waals surface area contributed by atoms with Gasteiger partial charge >= 0.3 is 0 Å². The Balaban J connectivity index is 2.18. The summed E-state index contributed by atoms with van der Waals surface area (Å²) in [5.74, 6) is 0.883. The van der Waals surface area contributed by atoms with Gasteiger partial charge in [0.05, 0.1) is 7.11 Å². The lowest BCUT2D eigenvalue weighted by Crippen LogP contribution is -2.14. The van der Waals surface area contributed by atoms with E-state index in [4.69, 9.17) is 10.5 Å². The number of hydrogen-bond acceptors (Lipinski definition) is 3. The van der Waals surface area contributed by atoms with Crippen LogP contribution < -0.4 is 10.5 Å². The van der Waals surface area contributed by atoms with Gasteiger partial charge in [-0.25, -0.2) is 0 Å². The molecule has 1 heterocycles. The van der Waals surface area contributed by atoms with E-state index in [0.717, 1.165) is 28.9 Å². The van der Waals surface area contributed by atoms with Crippen LogP contribution in [0.15, 0.2) is 42.7 Å². The van der Waals surface area contributed by atoms with E-state index in [9.17, 15) is 0 Å². The molecular formula is C15H18N2O. The summed E-state index contributed by atoms with van der Waals surface area (Å²) >= 11 is 0. The second-order valence-electron chi connectivity index (χ2n) is 4.42. The first-order valence-electron chi connectivity index (χ1n) is 5.99.